The van der Waals surface area contributed by atoms with Gasteiger partial charge in [-0.2, -0.15) is 0 Å². The zero-order chi connectivity index (χ0) is 15.5. The number of thiazole rings is 1. The number of Topliss-reactive ketones (excluding diaryl/α,β-unsaturated/α-hetero) is 1. The van der Waals surface area contributed by atoms with Gasteiger partial charge in [-0.15, -0.1) is 11.3 Å². The summed E-state index contributed by atoms with van der Waals surface area (Å²) in [5.41, 5.74) is 1.74. The van der Waals surface area contributed by atoms with Gasteiger partial charge >= 0.3 is 0 Å². The Kier molecular flexibility index (Phi) is 4.64. The number of likely N-dealkylation sites (tertiary alicyclic amines) is 1. The van der Waals surface area contributed by atoms with Crippen molar-refractivity contribution < 1.29 is 9.18 Å². The number of hydrogen-bond acceptors (Lipinski definition) is 4. The third kappa shape index (κ3) is 3.59. The highest BCUT2D eigenvalue weighted by Crippen LogP contribution is 2.23. The fourth-order valence-corrected chi connectivity index (χ4v) is 3.52. The molecule has 0 spiro atoms. The summed E-state index contributed by atoms with van der Waals surface area (Å²) in [6.07, 6.45) is 1.72. The van der Waals surface area contributed by atoms with Gasteiger partial charge in [-0.05, 0) is 57.1 Å². The Morgan fingerprint density at radius 2 is 2.00 bits per heavy atom. The van der Waals surface area contributed by atoms with E-state index in [9.17, 15) is 9.18 Å². The molecule has 2 aromatic rings. The maximum absolute atomic E-state index is 12.9. The maximum Gasteiger partial charge on any atom is 0.166 e. The summed E-state index contributed by atoms with van der Waals surface area (Å²) in [5.74, 6) is -0.104. The Hall–Kier alpha value is -1.59. The molecule has 3 rings (SSSR count). The standard InChI is InChI=1S/C17H19FN2OS/c1-12-19-16(11-22-12)10-20-8-6-14(7-9-20)17(21)13-2-4-15(18)5-3-13/h2-5,11,14H,6-10H2,1H3. The average molecular weight is 318 g/mol. The van der Waals surface area contributed by atoms with Crippen molar-refractivity contribution in [1.29, 1.82) is 0 Å². The first-order valence-corrected chi connectivity index (χ1v) is 8.43. The number of aryl methyl sites for hydroxylation is 1. The number of piperidine rings is 1. The van der Waals surface area contributed by atoms with E-state index >= 15 is 0 Å². The predicted molar refractivity (Wildman–Crippen MR) is 85.6 cm³/mol. The Morgan fingerprint density at radius 1 is 1.32 bits per heavy atom. The predicted octanol–water partition coefficient (Wildman–Crippen LogP) is 3.69. The molecule has 0 saturated carbocycles. The molecule has 116 valence electrons. The van der Waals surface area contributed by atoms with Crippen molar-refractivity contribution in [3.63, 3.8) is 0 Å². The monoisotopic (exact) mass is 318 g/mol. The van der Waals surface area contributed by atoms with Crippen LogP contribution in [0.25, 0.3) is 0 Å². The Bertz CT molecular complexity index is 645. The van der Waals surface area contributed by atoms with Crippen LogP contribution in [0.15, 0.2) is 29.6 Å². The third-order valence-electron chi connectivity index (χ3n) is 4.14. The second-order valence-electron chi connectivity index (χ2n) is 5.78. The van der Waals surface area contributed by atoms with E-state index in [1.54, 1.807) is 23.5 Å². The molecule has 1 aliphatic heterocycles. The number of carbonyl (C=O) groups excluding carboxylic acids is 1. The molecule has 1 aliphatic rings. The molecule has 0 atom stereocenters. The fraction of sp³-hybridized carbons (Fsp3) is 0.412. The summed E-state index contributed by atoms with van der Waals surface area (Å²) in [5, 5.41) is 3.20. The number of halogens is 1. The molecule has 2 heterocycles. The average Bonchev–Trinajstić information content (AvgIpc) is 2.93. The Labute approximate surface area is 133 Å². The lowest BCUT2D eigenvalue weighted by atomic mass is 9.89. The van der Waals surface area contributed by atoms with Crippen molar-refractivity contribution in [2.75, 3.05) is 13.1 Å². The van der Waals surface area contributed by atoms with Gasteiger partial charge in [-0.3, -0.25) is 9.69 Å². The van der Waals surface area contributed by atoms with Crippen LogP contribution in [0.2, 0.25) is 0 Å². The number of aromatic nitrogens is 1. The van der Waals surface area contributed by atoms with Crippen molar-refractivity contribution in [2.45, 2.75) is 26.3 Å². The second kappa shape index (κ2) is 6.67. The van der Waals surface area contributed by atoms with Crippen molar-refractivity contribution in [3.05, 3.63) is 51.7 Å². The van der Waals surface area contributed by atoms with Gasteiger partial charge < -0.3 is 0 Å². The summed E-state index contributed by atoms with van der Waals surface area (Å²) in [6, 6.07) is 5.88. The Balaban J connectivity index is 1.55. The number of benzene rings is 1. The number of rotatable bonds is 4. The van der Waals surface area contributed by atoms with Gasteiger partial charge in [0.1, 0.15) is 5.82 Å². The van der Waals surface area contributed by atoms with E-state index in [-0.39, 0.29) is 17.5 Å². The second-order valence-corrected chi connectivity index (χ2v) is 6.84. The molecular formula is C17H19FN2OS. The van der Waals surface area contributed by atoms with Crippen LogP contribution in [0.4, 0.5) is 4.39 Å². The van der Waals surface area contributed by atoms with Crippen LogP contribution >= 0.6 is 11.3 Å². The first-order valence-electron chi connectivity index (χ1n) is 7.55. The SMILES string of the molecule is Cc1nc(CN2CCC(C(=O)c3ccc(F)cc3)CC2)cs1. The minimum absolute atomic E-state index is 0.0545. The third-order valence-corrected chi connectivity index (χ3v) is 4.96. The summed E-state index contributed by atoms with van der Waals surface area (Å²) >= 11 is 1.67. The van der Waals surface area contributed by atoms with Gasteiger partial charge in [0.2, 0.25) is 0 Å². The van der Waals surface area contributed by atoms with E-state index < -0.39 is 0 Å². The molecule has 22 heavy (non-hydrogen) atoms. The van der Waals surface area contributed by atoms with Crippen LogP contribution in [-0.2, 0) is 6.54 Å². The largest absolute Gasteiger partial charge is 0.297 e. The van der Waals surface area contributed by atoms with Gasteiger partial charge in [0, 0.05) is 23.4 Å². The van der Waals surface area contributed by atoms with Crippen molar-refractivity contribution in [3.8, 4) is 0 Å². The van der Waals surface area contributed by atoms with E-state index in [0.717, 1.165) is 43.2 Å². The van der Waals surface area contributed by atoms with Crippen LogP contribution in [0.3, 0.4) is 0 Å². The van der Waals surface area contributed by atoms with Crippen LogP contribution in [-0.4, -0.2) is 28.8 Å². The molecular weight excluding hydrogens is 299 g/mol. The van der Waals surface area contributed by atoms with Gasteiger partial charge in [0.25, 0.3) is 0 Å². The smallest absolute Gasteiger partial charge is 0.166 e. The van der Waals surface area contributed by atoms with Crippen molar-refractivity contribution in [1.82, 2.24) is 9.88 Å². The lowest BCUT2D eigenvalue weighted by molar-refractivity contribution is 0.0834. The van der Waals surface area contributed by atoms with E-state index in [1.165, 1.54) is 12.1 Å². The molecule has 3 nitrogen and oxygen atoms in total. The first-order chi connectivity index (χ1) is 10.6. The van der Waals surface area contributed by atoms with Crippen LogP contribution in [0, 0.1) is 18.7 Å². The highest BCUT2D eigenvalue weighted by atomic mass is 32.1. The van der Waals surface area contributed by atoms with Crippen LogP contribution < -0.4 is 0 Å². The highest BCUT2D eigenvalue weighted by molar-refractivity contribution is 7.09. The topological polar surface area (TPSA) is 33.2 Å². The lowest BCUT2D eigenvalue weighted by Gasteiger charge is -2.30. The Morgan fingerprint density at radius 3 is 2.59 bits per heavy atom. The molecule has 1 saturated heterocycles. The highest BCUT2D eigenvalue weighted by Gasteiger charge is 2.26. The minimum atomic E-state index is -0.301. The quantitative estimate of drug-likeness (QED) is 0.806. The summed E-state index contributed by atoms with van der Waals surface area (Å²) in [4.78, 5) is 19.3. The van der Waals surface area contributed by atoms with Gasteiger partial charge in [0.15, 0.2) is 5.78 Å². The van der Waals surface area contributed by atoms with Crippen molar-refractivity contribution >= 4 is 17.1 Å². The zero-order valence-electron chi connectivity index (χ0n) is 12.6. The molecule has 0 N–H and O–H groups in total. The fourth-order valence-electron chi connectivity index (χ4n) is 2.91. The molecule has 0 unspecified atom stereocenters. The molecule has 1 aromatic carbocycles. The molecule has 0 amide bonds. The minimum Gasteiger partial charge on any atom is -0.297 e. The zero-order valence-corrected chi connectivity index (χ0v) is 13.4. The van der Waals surface area contributed by atoms with Gasteiger partial charge in [-0.1, -0.05) is 0 Å². The molecule has 0 bridgehead atoms. The number of nitrogens with zero attached hydrogens (tertiary/aromatic N) is 2. The molecule has 1 fully saturated rings. The van der Waals surface area contributed by atoms with E-state index in [4.69, 9.17) is 0 Å². The van der Waals surface area contributed by atoms with E-state index in [0.29, 0.717) is 5.56 Å². The molecule has 0 aliphatic carbocycles. The number of ketones is 1. The van der Waals surface area contributed by atoms with Gasteiger partial charge in [0.05, 0.1) is 10.7 Å². The lowest BCUT2D eigenvalue weighted by Crippen LogP contribution is -2.36. The number of hydrogen-bond donors (Lipinski definition) is 0. The van der Waals surface area contributed by atoms with E-state index in [1.807, 2.05) is 6.92 Å². The van der Waals surface area contributed by atoms with Gasteiger partial charge in [-0.25, -0.2) is 9.37 Å². The summed E-state index contributed by atoms with van der Waals surface area (Å²) in [7, 11) is 0. The summed E-state index contributed by atoms with van der Waals surface area (Å²) < 4.78 is 12.9. The summed E-state index contributed by atoms with van der Waals surface area (Å²) in [6.45, 7) is 4.70. The van der Waals surface area contributed by atoms with E-state index in [2.05, 4.69) is 15.3 Å². The normalized spacial score (nSPS) is 16.8. The maximum atomic E-state index is 12.9. The van der Waals surface area contributed by atoms with Crippen LogP contribution in [0.1, 0.15) is 33.9 Å². The molecule has 5 heteroatoms. The van der Waals surface area contributed by atoms with Crippen molar-refractivity contribution in [2.24, 2.45) is 5.92 Å². The molecule has 1 aromatic heterocycles. The first kappa shape index (κ1) is 15.3. The molecule has 0 radical (unpaired) electrons. The number of carbonyl (C=O) groups is 1. The van der Waals surface area contributed by atoms with Crippen LogP contribution in [0.5, 0.6) is 0 Å².